The van der Waals surface area contributed by atoms with Gasteiger partial charge < -0.3 is 15.4 Å². The van der Waals surface area contributed by atoms with Gasteiger partial charge in [0.15, 0.2) is 0 Å². The predicted molar refractivity (Wildman–Crippen MR) is 108 cm³/mol. The van der Waals surface area contributed by atoms with E-state index in [4.69, 9.17) is 4.74 Å². The topological polar surface area (TPSA) is 73.9 Å². The first kappa shape index (κ1) is 20.6. The molecule has 0 bridgehead atoms. The van der Waals surface area contributed by atoms with E-state index < -0.39 is 0 Å². The Bertz CT molecular complexity index is 652. The number of nitrogens with one attached hydrogen (secondary N) is 2. The van der Waals surface area contributed by atoms with Crippen molar-refractivity contribution in [3.05, 3.63) is 29.8 Å². The molecule has 0 spiro atoms. The average Bonchev–Trinajstić information content (AvgIpc) is 3.52. The van der Waals surface area contributed by atoms with E-state index >= 15 is 0 Å². The van der Waals surface area contributed by atoms with Crippen LogP contribution in [0.5, 0.6) is 5.75 Å². The van der Waals surface area contributed by atoms with Gasteiger partial charge in [-0.15, -0.1) is 0 Å². The van der Waals surface area contributed by atoms with E-state index in [1.165, 1.54) is 5.56 Å². The van der Waals surface area contributed by atoms with Gasteiger partial charge in [-0.2, -0.15) is 0 Å². The Morgan fingerprint density at radius 2 is 1.82 bits per heavy atom. The Labute approximate surface area is 167 Å². The minimum absolute atomic E-state index is 0.0634. The van der Waals surface area contributed by atoms with Crippen molar-refractivity contribution in [2.45, 2.75) is 38.3 Å². The Hall–Kier alpha value is -2.12. The quantitative estimate of drug-likeness (QED) is 0.649. The monoisotopic (exact) mass is 388 g/mol. The summed E-state index contributed by atoms with van der Waals surface area (Å²) in [6.07, 6.45) is 3.03. The van der Waals surface area contributed by atoms with Crippen LogP contribution in [0.15, 0.2) is 24.3 Å². The van der Waals surface area contributed by atoms with Crippen molar-refractivity contribution < 1.29 is 14.3 Å². The van der Waals surface area contributed by atoms with Crippen molar-refractivity contribution in [3.8, 4) is 5.75 Å². The molecule has 1 unspecified atom stereocenters. The Morgan fingerprint density at radius 1 is 1.14 bits per heavy atom. The summed E-state index contributed by atoms with van der Waals surface area (Å²) in [7, 11) is 1.65. The molecule has 1 aliphatic carbocycles. The van der Waals surface area contributed by atoms with E-state index in [9.17, 15) is 9.59 Å². The largest absolute Gasteiger partial charge is 0.497 e. The van der Waals surface area contributed by atoms with Crippen LogP contribution < -0.4 is 15.4 Å². The summed E-state index contributed by atoms with van der Waals surface area (Å²) in [5.74, 6) is 1.03. The van der Waals surface area contributed by atoms with Gasteiger partial charge in [0.2, 0.25) is 11.8 Å². The Morgan fingerprint density at radius 3 is 2.43 bits per heavy atom. The van der Waals surface area contributed by atoms with E-state index in [-0.39, 0.29) is 17.9 Å². The van der Waals surface area contributed by atoms with E-state index in [0.29, 0.717) is 19.1 Å². The minimum Gasteiger partial charge on any atom is -0.497 e. The summed E-state index contributed by atoms with van der Waals surface area (Å²) in [6, 6.07) is 8.17. The van der Waals surface area contributed by atoms with Crippen LogP contribution in [0.4, 0.5) is 0 Å². The second-order valence-corrected chi connectivity index (χ2v) is 7.72. The van der Waals surface area contributed by atoms with Crippen molar-refractivity contribution >= 4 is 11.8 Å². The maximum atomic E-state index is 12.5. The SMILES string of the molecule is COc1ccc(CCNC(=O)C(C)N2CCN(CC(=O)NC3CC3)CC2)cc1. The van der Waals surface area contributed by atoms with Gasteiger partial charge in [-0.25, -0.2) is 0 Å². The average molecular weight is 389 g/mol. The molecular weight excluding hydrogens is 356 g/mol. The number of hydrogen-bond donors (Lipinski definition) is 2. The molecule has 28 heavy (non-hydrogen) atoms. The molecule has 1 heterocycles. The summed E-state index contributed by atoms with van der Waals surface area (Å²) in [6.45, 7) is 6.30. The molecule has 2 N–H and O–H groups in total. The molecule has 7 heteroatoms. The molecule has 0 radical (unpaired) electrons. The molecule has 1 aromatic carbocycles. The lowest BCUT2D eigenvalue weighted by Gasteiger charge is -2.37. The summed E-state index contributed by atoms with van der Waals surface area (Å²) in [4.78, 5) is 28.8. The summed E-state index contributed by atoms with van der Waals surface area (Å²) >= 11 is 0. The molecule has 3 rings (SSSR count). The highest BCUT2D eigenvalue weighted by atomic mass is 16.5. The zero-order valence-corrected chi connectivity index (χ0v) is 16.9. The zero-order valence-electron chi connectivity index (χ0n) is 16.9. The highest BCUT2D eigenvalue weighted by molar-refractivity contribution is 5.81. The van der Waals surface area contributed by atoms with Gasteiger partial charge in [0.05, 0.1) is 19.7 Å². The molecule has 154 valence electrons. The first-order chi connectivity index (χ1) is 13.5. The normalized spacial score (nSPS) is 19.1. The Balaban J connectivity index is 1.33. The number of piperazine rings is 1. The number of amides is 2. The maximum Gasteiger partial charge on any atom is 0.237 e. The van der Waals surface area contributed by atoms with Crippen LogP contribution in [0.2, 0.25) is 0 Å². The van der Waals surface area contributed by atoms with E-state index in [1.54, 1.807) is 7.11 Å². The lowest BCUT2D eigenvalue weighted by molar-refractivity contribution is -0.127. The smallest absolute Gasteiger partial charge is 0.237 e. The number of carbonyl (C=O) groups is 2. The highest BCUT2D eigenvalue weighted by Gasteiger charge is 2.28. The number of benzene rings is 1. The third-order valence-electron chi connectivity index (χ3n) is 5.52. The van der Waals surface area contributed by atoms with Crippen LogP contribution in [0.25, 0.3) is 0 Å². The van der Waals surface area contributed by atoms with Crippen molar-refractivity contribution in [2.75, 3.05) is 46.4 Å². The van der Waals surface area contributed by atoms with Crippen molar-refractivity contribution in [1.82, 2.24) is 20.4 Å². The second kappa shape index (κ2) is 9.89. The van der Waals surface area contributed by atoms with Crippen LogP contribution >= 0.6 is 0 Å². The van der Waals surface area contributed by atoms with E-state index in [1.807, 2.05) is 31.2 Å². The molecule has 1 saturated carbocycles. The number of carbonyl (C=O) groups excluding carboxylic acids is 2. The standard InChI is InChI=1S/C21H32N4O3/c1-16(21(27)22-10-9-17-3-7-19(28-2)8-4-17)25-13-11-24(12-14-25)15-20(26)23-18-5-6-18/h3-4,7-8,16,18H,5-6,9-15H2,1-2H3,(H,22,27)(H,23,26). The molecule has 1 saturated heterocycles. The van der Waals surface area contributed by atoms with Crippen molar-refractivity contribution in [1.29, 1.82) is 0 Å². The molecular formula is C21H32N4O3. The summed E-state index contributed by atoms with van der Waals surface area (Å²) in [5, 5.41) is 6.07. The van der Waals surface area contributed by atoms with Gasteiger partial charge in [-0.05, 0) is 43.9 Å². The summed E-state index contributed by atoms with van der Waals surface area (Å²) < 4.78 is 5.16. The molecule has 7 nitrogen and oxygen atoms in total. The molecule has 2 fully saturated rings. The first-order valence-electron chi connectivity index (χ1n) is 10.2. The third kappa shape index (κ3) is 6.21. The number of rotatable bonds is 9. The van der Waals surface area contributed by atoms with Gasteiger partial charge >= 0.3 is 0 Å². The maximum absolute atomic E-state index is 12.5. The fourth-order valence-corrected chi connectivity index (χ4v) is 3.45. The van der Waals surface area contributed by atoms with Crippen molar-refractivity contribution in [3.63, 3.8) is 0 Å². The lowest BCUT2D eigenvalue weighted by atomic mass is 10.1. The fourth-order valence-electron chi connectivity index (χ4n) is 3.45. The van der Waals surface area contributed by atoms with Gasteiger partial charge in [0.25, 0.3) is 0 Å². The molecule has 2 amide bonds. The van der Waals surface area contributed by atoms with Crippen molar-refractivity contribution in [2.24, 2.45) is 0 Å². The van der Waals surface area contributed by atoms with Gasteiger partial charge in [0, 0.05) is 38.8 Å². The van der Waals surface area contributed by atoms with E-state index in [0.717, 1.165) is 51.2 Å². The van der Waals surface area contributed by atoms with Crippen LogP contribution in [0.3, 0.4) is 0 Å². The third-order valence-corrected chi connectivity index (χ3v) is 5.52. The first-order valence-corrected chi connectivity index (χ1v) is 10.2. The number of hydrogen-bond acceptors (Lipinski definition) is 5. The van der Waals surface area contributed by atoms with Gasteiger partial charge in [-0.3, -0.25) is 19.4 Å². The Kier molecular flexibility index (Phi) is 7.28. The predicted octanol–water partition coefficient (Wildman–Crippen LogP) is 0.639. The lowest BCUT2D eigenvalue weighted by Crippen LogP contribution is -2.55. The molecule has 1 atom stereocenters. The highest BCUT2D eigenvalue weighted by Crippen LogP contribution is 2.18. The number of nitrogens with zero attached hydrogens (tertiary/aromatic N) is 2. The van der Waals surface area contributed by atoms with E-state index in [2.05, 4.69) is 20.4 Å². The van der Waals surface area contributed by atoms with Crippen LogP contribution in [0, 0.1) is 0 Å². The van der Waals surface area contributed by atoms with Crippen LogP contribution in [-0.4, -0.2) is 80.1 Å². The zero-order chi connectivity index (χ0) is 19.9. The fraction of sp³-hybridized carbons (Fsp3) is 0.619. The van der Waals surface area contributed by atoms with Gasteiger partial charge in [-0.1, -0.05) is 12.1 Å². The number of methoxy groups -OCH3 is 1. The number of ether oxygens (including phenoxy) is 1. The summed E-state index contributed by atoms with van der Waals surface area (Å²) in [5.41, 5.74) is 1.17. The molecule has 2 aliphatic rings. The van der Waals surface area contributed by atoms with Crippen LogP contribution in [-0.2, 0) is 16.0 Å². The van der Waals surface area contributed by atoms with Gasteiger partial charge in [0.1, 0.15) is 5.75 Å². The molecule has 1 aliphatic heterocycles. The minimum atomic E-state index is -0.154. The van der Waals surface area contributed by atoms with Crippen LogP contribution in [0.1, 0.15) is 25.3 Å². The second-order valence-electron chi connectivity index (χ2n) is 7.72. The molecule has 0 aromatic heterocycles. The molecule has 1 aromatic rings.